The molecule has 1 aromatic rings. The fourth-order valence-corrected chi connectivity index (χ4v) is 6.05. The van der Waals surface area contributed by atoms with Crippen molar-refractivity contribution in [2.75, 3.05) is 13.7 Å². The van der Waals surface area contributed by atoms with E-state index in [1.54, 1.807) is 0 Å². The van der Waals surface area contributed by atoms with E-state index in [0.29, 0.717) is 18.5 Å². The number of carboxylic acids is 1. The molecule has 2 N–H and O–H groups in total. The third-order valence-electron chi connectivity index (χ3n) is 8.66. The maximum atomic E-state index is 12.4. The maximum absolute atomic E-state index is 12.4. The molecule has 3 atom stereocenters. The molecule has 0 saturated carbocycles. The van der Waals surface area contributed by atoms with Crippen LogP contribution in [0.25, 0.3) is 0 Å². The van der Waals surface area contributed by atoms with E-state index >= 15 is 0 Å². The Labute approximate surface area is 249 Å². The van der Waals surface area contributed by atoms with E-state index in [1.165, 1.54) is 83.5 Å². The SMILES string of the molecule is CCCCCC/C=C/CCCCCCCCCC(=O)O.CN1C2CCC1CC(OC(=O)C(CO)c1ccccc1)C2. The molecule has 2 bridgehead atoms. The minimum atomic E-state index is -0.661. The summed E-state index contributed by atoms with van der Waals surface area (Å²) in [6.07, 6.45) is 25.5. The zero-order valence-electron chi connectivity index (χ0n) is 25.9. The molecular formula is C35H57NO5. The number of hydrogen-bond acceptors (Lipinski definition) is 5. The van der Waals surface area contributed by atoms with E-state index in [4.69, 9.17) is 9.84 Å². The zero-order valence-corrected chi connectivity index (χ0v) is 25.9. The van der Waals surface area contributed by atoms with Crippen molar-refractivity contribution in [2.24, 2.45) is 0 Å². The lowest BCUT2D eigenvalue weighted by Crippen LogP contribution is -2.43. The van der Waals surface area contributed by atoms with E-state index in [0.717, 1.165) is 31.2 Å². The largest absolute Gasteiger partial charge is 0.481 e. The number of benzene rings is 1. The second-order valence-electron chi connectivity index (χ2n) is 12.0. The van der Waals surface area contributed by atoms with Crippen LogP contribution in [-0.4, -0.2) is 58.9 Å². The number of hydrogen-bond donors (Lipinski definition) is 2. The van der Waals surface area contributed by atoms with Crippen molar-refractivity contribution in [1.82, 2.24) is 4.90 Å². The van der Waals surface area contributed by atoms with Crippen LogP contribution in [0, 0.1) is 0 Å². The Morgan fingerprint density at radius 1 is 0.878 bits per heavy atom. The smallest absolute Gasteiger partial charge is 0.316 e. The topological polar surface area (TPSA) is 87.1 Å². The van der Waals surface area contributed by atoms with Crippen molar-refractivity contribution < 1.29 is 24.5 Å². The summed E-state index contributed by atoms with van der Waals surface area (Å²) in [5.41, 5.74) is 0.820. The molecule has 232 valence electrons. The summed E-state index contributed by atoms with van der Waals surface area (Å²) in [7, 11) is 2.17. The van der Waals surface area contributed by atoms with Gasteiger partial charge in [-0.2, -0.15) is 0 Å². The first-order valence-corrected chi connectivity index (χ1v) is 16.4. The second kappa shape index (κ2) is 21.5. The predicted molar refractivity (Wildman–Crippen MR) is 167 cm³/mol. The van der Waals surface area contributed by atoms with Crippen LogP contribution in [0.15, 0.2) is 42.5 Å². The van der Waals surface area contributed by atoms with Crippen molar-refractivity contribution in [3.63, 3.8) is 0 Å². The number of unbranched alkanes of at least 4 members (excludes halogenated alkanes) is 11. The molecule has 2 saturated heterocycles. The van der Waals surface area contributed by atoms with Crippen LogP contribution in [0.2, 0.25) is 0 Å². The molecule has 2 fully saturated rings. The minimum Gasteiger partial charge on any atom is -0.481 e. The lowest BCUT2D eigenvalue weighted by Gasteiger charge is -2.36. The molecule has 2 heterocycles. The van der Waals surface area contributed by atoms with Crippen molar-refractivity contribution >= 4 is 11.9 Å². The molecule has 2 aliphatic heterocycles. The van der Waals surface area contributed by atoms with Crippen LogP contribution < -0.4 is 0 Å². The summed E-state index contributed by atoms with van der Waals surface area (Å²) in [5.74, 6) is -1.52. The van der Waals surface area contributed by atoms with Gasteiger partial charge in [-0.15, -0.1) is 0 Å². The van der Waals surface area contributed by atoms with Gasteiger partial charge in [-0.05, 0) is 70.4 Å². The summed E-state index contributed by atoms with van der Waals surface area (Å²) in [6, 6.07) is 10.5. The Morgan fingerprint density at radius 2 is 1.41 bits per heavy atom. The second-order valence-corrected chi connectivity index (χ2v) is 12.0. The van der Waals surface area contributed by atoms with Crippen molar-refractivity contribution in [3.8, 4) is 0 Å². The number of rotatable bonds is 19. The Balaban J connectivity index is 0.000000288. The van der Waals surface area contributed by atoms with Gasteiger partial charge in [0.25, 0.3) is 0 Å². The summed E-state index contributed by atoms with van der Waals surface area (Å²) in [6.45, 7) is 2.05. The van der Waals surface area contributed by atoms with Gasteiger partial charge in [0.1, 0.15) is 12.0 Å². The molecule has 0 amide bonds. The Kier molecular flexibility index (Phi) is 18.4. The van der Waals surface area contributed by atoms with Crippen molar-refractivity contribution in [2.45, 2.75) is 147 Å². The molecule has 3 rings (SSSR count). The van der Waals surface area contributed by atoms with E-state index < -0.39 is 11.9 Å². The van der Waals surface area contributed by atoms with Crippen molar-refractivity contribution in [3.05, 3.63) is 48.0 Å². The summed E-state index contributed by atoms with van der Waals surface area (Å²) in [4.78, 5) is 25.1. The Hall–Kier alpha value is -2.18. The molecule has 6 nitrogen and oxygen atoms in total. The van der Waals surface area contributed by atoms with Gasteiger partial charge in [0, 0.05) is 18.5 Å². The number of ether oxygens (including phenoxy) is 1. The monoisotopic (exact) mass is 571 g/mol. The molecule has 0 radical (unpaired) electrons. The molecule has 41 heavy (non-hydrogen) atoms. The van der Waals surface area contributed by atoms with Gasteiger partial charge in [0.05, 0.1) is 6.61 Å². The first-order valence-electron chi connectivity index (χ1n) is 16.4. The van der Waals surface area contributed by atoms with Gasteiger partial charge in [-0.3, -0.25) is 9.59 Å². The third-order valence-corrected chi connectivity index (χ3v) is 8.66. The van der Waals surface area contributed by atoms with Gasteiger partial charge in [0.15, 0.2) is 0 Å². The zero-order chi connectivity index (χ0) is 29.7. The molecule has 0 aromatic heterocycles. The quantitative estimate of drug-likeness (QED) is 0.0993. The number of fused-ring (bicyclic) bond motifs is 2. The van der Waals surface area contributed by atoms with Gasteiger partial charge >= 0.3 is 11.9 Å². The van der Waals surface area contributed by atoms with Gasteiger partial charge in [-0.25, -0.2) is 0 Å². The highest BCUT2D eigenvalue weighted by atomic mass is 16.5. The molecule has 0 spiro atoms. The van der Waals surface area contributed by atoms with Crippen molar-refractivity contribution in [1.29, 1.82) is 0 Å². The minimum absolute atomic E-state index is 0.00367. The number of nitrogens with zero attached hydrogens (tertiary/aromatic N) is 1. The van der Waals surface area contributed by atoms with E-state index in [2.05, 4.69) is 31.0 Å². The van der Waals surface area contributed by atoms with Gasteiger partial charge in [-0.1, -0.05) is 101 Å². The average molecular weight is 572 g/mol. The van der Waals surface area contributed by atoms with Crippen LogP contribution in [0.3, 0.4) is 0 Å². The highest BCUT2D eigenvalue weighted by Crippen LogP contribution is 2.36. The summed E-state index contributed by atoms with van der Waals surface area (Å²) < 4.78 is 5.70. The molecular weight excluding hydrogens is 514 g/mol. The van der Waals surface area contributed by atoms with Crippen LogP contribution in [0.1, 0.15) is 134 Å². The maximum Gasteiger partial charge on any atom is 0.316 e. The average Bonchev–Trinajstić information content (AvgIpc) is 3.16. The number of carbonyl (C=O) groups is 2. The highest BCUT2D eigenvalue weighted by Gasteiger charge is 2.40. The molecule has 3 unspecified atom stereocenters. The standard InChI is InChI=1S/C18H34O2.C17H23NO3/c1-2-3-4-5-6-7-8-9-10-11-12-13-14-15-16-17-18(19)20;1-18-13-7-8-14(18)10-15(9-13)21-17(20)16(11-19)12-5-3-2-4-6-12/h7-8H,2-6,9-17H2,1H3,(H,19,20);2-6,13-16,19H,7-11H2,1H3/b8-7+;. The van der Waals surface area contributed by atoms with Crippen LogP contribution in [0.4, 0.5) is 0 Å². The van der Waals surface area contributed by atoms with E-state index in [9.17, 15) is 14.7 Å². The number of aliphatic hydroxyl groups is 1. The van der Waals surface area contributed by atoms with Gasteiger partial charge < -0.3 is 19.8 Å². The Morgan fingerprint density at radius 3 is 1.95 bits per heavy atom. The first kappa shape index (κ1) is 35.0. The molecule has 6 heteroatoms. The predicted octanol–water partition coefficient (Wildman–Crippen LogP) is 8.04. The number of aliphatic carboxylic acids is 1. The number of carboxylic acid groups (broad SMARTS) is 1. The lowest BCUT2D eigenvalue weighted by molar-refractivity contribution is -0.155. The molecule has 2 aliphatic rings. The summed E-state index contributed by atoms with van der Waals surface area (Å²) in [5, 5.41) is 18.0. The molecule has 1 aromatic carbocycles. The number of allylic oxidation sites excluding steroid dienone is 2. The normalized spacial score (nSPS) is 20.9. The van der Waals surface area contributed by atoms with Crippen LogP contribution in [0.5, 0.6) is 0 Å². The number of esters is 1. The van der Waals surface area contributed by atoms with E-state index in [-0.39, 0.29) is 18.7 Å². The number of carbonyl (C=O) groups excluding carboxylic acids is 1. The Bertz CT molecular complexity index is 843. The number of piperidine rings is 1. The third kappa shape index (κ3) is 14.5. The fourth-order valence-electron chi connectivity index (χ4n) is 6.05. The van der Waals surface area contributed by atoms with E-state index in [1.807, 2.05) is 30.3 Å². The molecule has 0 aliphatic carbocycles. The highest BCUT2D eigenvalue weighted by molar-refractivity contribution is 5.78. The van der Waals surface area contributed by atoms with Crippen LogP contribution >= 0.6 is 0 Å². The van der Waals surface area contributed by atoms with Crippen LogP contribution in [-0.2, 0) is 14.3 Å². The van der Waals surface area contributed by atoms with Gasteiger partial charge in [0.2, 0.25) is 0 Å². The lowest BCUT2D eigenvalue weighted by atomic mass is 9.98. The summed E-state index contributed by atoms with van der Waals surface area (Å²) >= 11 is 0. The first-order chi connectivity index (χ1) is 20.0. The fraction of sp³-hybridized carbons (Fsp3) is 0.714. The number of aliphatic hydroxyl groups excluding tert-OH is 1.